The van der Waals surface area contributed by atoms with E-state index in [-0.39, 0.29) is 0 Å². The molecule has 0 unspecified atom stereocenters. The minimum Gasteiger partial charge on any atom is -0.480 e. The molecule has 0 saturated heterocycles. The van der Waals surface area contributed by atoms with Crippen LogP contribution in [0.3, 0.4) is 0 Å². The number of carbonyl (C=O) groups is 1. The molecule has 0 heterocycles. The molecule has 0 aliphatic rings. The van der Waals surface area contributed by atoms with Crippen LogP contribution in [0.2, 0.25) is 0 Å². The molecule has 0 radical (unpaired) electrons. The zero-order chi connectivity index (χ0) is 10.6. The molecule has 1 aromatic rings. The van der Waals surface area contributed by atoms with Gasteiger partial charge in [0.05, 0.1) is 0 Å². The van der Waals surface area contributed by atoms with Crippen LogP contribution in [0.1, 0.15) is 12.5 Å². The molecule has 1 atom stereocenters. The molecule has 3 N–H and O–H groups in total. The maximum Gasteiger partial charge on any atom is 0.327 e. The van der Waals surface area contributed by atoms with E-state index < -0.39 is 11.5 Å². The van der Waals surface area contributed by atoms with Gasteiger partial charge in [0, 0.05) is 0 Å². The van der Waals surface area contributed by atoms with E-state index in [9.17, 15) is 4.79 Å². The summed E-state index contributed by atoms with van der Waals surface area (Å²) in [5.41, 5.74) is 5.15. The first-order valence-corrected chi connectivity index (χ1v) is 4.29. The van der Waals surface area contributed by atoms with Crippen molar-refractivity contribution in [2.24, 2.45) is 5.73 Å². The van der Waals surface area contributed by atoms with E-state index >= 15 is 0 Å². The highest BCUT2D eigenvalue weighted by atomic mass is 16.4. The molecule has 0 aliphatic carbocycles. The third kappa shape index (κ3) is 2.71. The quantitative estimate of drug-likeness (QED) is 0.761. The highest BCUT2D eigenvalue weighted by molar-refractivity contribution is 5.82. The SMILES string of the molecule is C[C@@](N)(C=Cc1ccccc1)C(=O)O. The van der Waals surface area contributed by atoms with E-state index in [0.29, 0.717) is 0 Å². The number of aliphatic carboxylic acids is 1. The van der Waals surface area contributed by atoms with Gasteiger partial charge >= 0.3 is 5.97 Å². The van der Waals surface area contributed by atoms with Gasteiger partial charge in [-0.15, -0.1) is 0 Å². The number of nitrogens with two attached hydrogens (primary N) is 1. The summed E-state index contributed by atoms with van der Waals surface area (Å²) in [4.78, 5) is 10.7. The van der Waals surface area contributed by atoms with Gasteiger partial charge in [0.1, 0.15) is 5.54 Å². The molecule has 0 amide bonds. The molecule has 0 fully saturated rings. The third-order valence-electron chi connectivity index (χ3n) is 1.88. The summed E-state index contributed by atoms with van der Waals surface area (Å²) in [6.07, 6.45) is 3.18. The molecule has 0 saturated carbocycles. The summed E-state index contributed by atoms with van der Waals surface area (Å²) < 4.78 is 0. The van der Waals surface area contributed by atoms with Gasteiger partial charge in [-0.05, 0) is 12.5 Å². The van der Waals surface area contributed by atoms with Crippen molar-refractivity contribution in [2.75, 3.05) is 0 Å². The van der Waals surface area contributed by atoms with Crippen LogP contribution in [0.4, 0.5) is 0 Å². The van der Waals surface area contributed by atoms with Crippen LogP contribution < -0.4 is 5.73 Å². The van der Waals surface area contributed by atoms with Crippen molar-refractivity contribution in [3.05, 3.63) is 42.0 Å². The molecule has 1 aromatic carbocycles. The van der Waals surface area contributed by atoms with Gasteiger partial charge < -0.3 is 10.8 Å². The van der Waals surface area contributed by atoms with Crippen molar-refractivity contribution in [1.29, 1.82) is 0 Å². The molecule has 1 rings (SSSR count). The van der Waals surface area contributed by atoms with Crippen molar-refractivity contribution in [2.45, 2.75) is 12.5 Å². The van der Waals surface area contributed by atoms with Gasteiger partial charge in [-0.3, -0.25) is 0 Å². The van der Waals surface area contributed by atoms with E-state index in [1.54, 1.807) is 6.08 Å². The van der Waals surface area contributed by atoms with Crippen molar-refractivity contribution in [3.8, 4) is 0 Å². The summed E-state index contributed by atoms with van der Waals surface area (Å²) in [5, 5.41) is 8.74. The van der Waals surface area contributed by atoms with Crippen LogP contribution in [0, 0.1) is 0 Å². The maximum atomic E-state index is 10.7. The summed E-state index contributed by atoms with van der Waals surface area (Å²) in [6, 6.07) is 9.43. The van der Waals surface area contributed by atoms with Crippen molar-refractivity contribution < 1.29 is 9.90 Å². The van der Waals surface area contributed by atoms with Gasteiger partial charge in [0.25, 0.3) is 0 Å². The highest BCUT2D eigenvalue weighted by Crippen LogP contribution is 2.07. The fourth-order valence-electron chi connectivity index (χ4n) is 0.905. The molecule has 74 valence electrons. The number of hydrogen-bond donors (Lipinski definition) is 2. The van der Waals surface area contributed by atoms with E-state index in [1.165, 1.54) is 13.0 Å². The van der Waals surface area contributed by atoms with Gasteiger partial charge in [0.2, 0.25) is 0 Å². The van der Waals surface area contributed by atoms with E-state index in [4.69, 9.17) is 10.8 Å². The van der Waals surface area contributed by atoms with Gasteiger partial charge in [-0.2, -0.15) is 0 Å². The Hall–Kier alpha value is -1.61. The lowest BCUT2D eigenvalue weighted by atomic mass is 10.0. The van der Waals surface area contributed by atoms with Crippen molar-refractivity contribution in [1.82, 2.24) is 0 Å². The molecule has 14 heavy (non-hydrogen) atoms. The average molecular weight is 191 g/mol. The summed E-state index contributed by atoms with van der Waals surface area (Å²) in [7, 11) is 0. The summed E-state index contributed by atoms with van der Waals surface area (Å²) >= 11 is 0. The molecular weight excluding hydrogens is 178 g/mol. The zero-order valence-corrected chi connectivity index (χ0v) is 7.97. The number of carboxylic acids is 1. The normalized spacial score (nSPS) is 15.3. The van der Waals surface area contributed by atoms with Crippen LogP contribution in [-0.4, -0.2) is 16.6 Å². The Morgan fingerprint density at radius 3 is 2.50 bits per heavy atom. The second kappa shape index (κ2) is 4.07. The van der Waals surface area contributed by atoms with Crippen molar-refractivity contribution >= 4 is 12.0 Å². The number of hydrogen-bond acceptors (Lipinski definition) is 2. The van der Waals surface area contributed by atoms with Gasteiger partial charge in [0.15, 0.2) is 0 Å². The number of rotatable bonds is 3. The van der Waals surface area contributed by atoms with Crippen LogP contribution in [0.5, 0.6) is 0 Å². The van der Waals surface area contributed by atoms with E-state index in [2.05, 4.69) is 0 Å². The first-order chi connectivity index (χ1) is 6.52. The number of carboxylic acid groups (broad SMARTS) is 1. The summed E-state index contributed by atoms with van der Waals surface area (Å²) in [6.45, 7) is 1.45. The van der Waals surface area contributed by atoms with Crippen LogP contribution in [0.25, 0.3) is 6.08 Å². The topological polar surface area (TPSA) is 63.3 Å². The predicted octanol–water partition coefficient (Wildman–Crippen LogP) is 1.50. The number of benzene rings is 1. The largest absolute Gasteiger partial charge is 0.480 e. The first-order valence-electron chi connectivity index (χ1n) is 4.29. The minimum atomic E-state index is -1.31. The van der Waals surface area contributed by atoms with Gasteiger partial charge in [-0.1, -0.05) is 42.5 Å². The molecule has 3 nitrogen and oxygen atoms in total. The maximum absolute atomic E-state index is 10.7. The van der Waals surface area contributed by atoms with E-state index in [0.717, 1.165) is 5.56 Å². The minimum absolute atomic E-state index is 0.936. The average Bonchev–Trinajstić information content (AvgIpc) is 2.16. The Bertz CT molecular complexity index is 342. The Morgan fingerprint density at radius 1 is 1.43 bits per heavy atom. The lowest BCUT2D eigenvalue weighted by molar-refractivity contribution is -0.140. The lowest BCUT2D eigenvalue weighted by Crippen LogP contribution is -2.42. The Balaban J connectivity index is 2.79. The van der Waals surface area contributed by atoms with Crippen molar-refractivity contribution in [3.63, 3.8) is 0 Å². The van der Waals surface area contributed by atoms with Gasteiger partial charge in [-0.25, -0.2) is 4.79 Å². The molecule has 0 spiro atoms. The molecule has 0 bridgehead atoms. The monoisotopic (exact) mass is 191 g/mol. The second-order valence-electron chi connectivity index (χ2n) is 3.33. The standard InChI is InChI=1S/C11H13NO2/c1-11(12,10(13)14)8-7-9-5-3-2-4-6-9/h2-8H,12H2,1H3,(H,13,14)/t11-/m1/s1. The summed E-state index contributed by atoms with van der Waals surface area (Å²) in [5.74, 6) is -1.04. The highest BCUT2D eigenvalue weighted by Gasteiger charge is 2.23. The molecule has 0 aliphatic heterocycles. The molecule has 3 heteroatoms. The smallest absolute Gasteiger partial charge is 0.327 e. The zero-order valence-electron chi connectivity index (χ0n) is 7.97. The Morgan fingerprint density at radius 2 is 2.00 bits per heavy atom. The van der Waals surface area contributed by atoms with Crippen LogP contribution in [0.15, 0.2) is 36.4 Å². The second-order valence-corrected chi connectivity index (χ2v) is 3.33. The first kappa shape index (κ1) is 10.5. The molecule has 0 aromatic heterocycles. The lowest BCUT2D eigenvalue weighted by Gasteiger charge is -2.12. The Kier molecular flexibility index (Phi) is 3.04. The predicted molar refractivity (Wildman–Crippen MR) is 55.7 cm³/mol. The Labute approximate surface area is 82.9 Å². The van der Waals surface area contributed by atoms with E-state index in [1.807, 2.05) is 30.3 Å². The van der Waals surface area contributed by atoms with Crippen LogP contribution >= 0.6 is 0 Å². The van der Waals surface area contributed by atoms with Crippen LogP contribution in [-0.2, 0) is 4.79 Å². The third-order valence-corrected chi connectivity index (χ3v) is 1.88. The fourth-order valence-corrected chi connectivity index (χ4v) is 0.905. The fraction of sp³-hybridized carbons (Fsp3) is 0.182. The molecular formula is C11H13NO2.